The second-order valence-corrected chi connectivity index (χ2v) is 6.39. The minimum Gasteiger partial charge on any atom is -0.481 e. The maximum Gasteiger partial charge on any atom is 0.283 e. The van der Waals surface area contributed by atoms with Crippen molar-refractivity contribution >= 4 is 17.5 Å². The van der Waals surface area contributed by atoms with Gasteiger partial charge in [-0.05, 0) is 49.7 Å². The number of rotatable bonds is 8. The summed E-state index contributed by atoms with van der Waals surface area (Å²) >= 11 is 5.87. The van der Waals surface area contributed by atoms with Crippen molar-refractivity contribution < 1.29 is 18.4 Å². The molecule has 0 N–H and O–H groups in total. The van der Waals surface area contributed by atoms with Crippen molar-refractivity contribution in [2.24, 2.45) is 0 Å². The van der Waals surface area contributed by atoms with Crippen LogP contribution in [0.2, 0.25) is 5.02 Å². The molecule has 1 atom stereocenters. The monoisotopic (exact) mass is 389 g/mol. The first-order valence-corrected chi connectivity index (χ1v) is 9.02. The highest BCUT2D eigenvalue weighted by molar-refractivity contribution is 6.30. The predicted octanol–water partition coefficient (Wildman–Crippen LogP) is 4.19. The van der Waals surface area contributed by atoms with E-state index in [1.807, 2.05) is 6.92 Å². The summed E-state index contributed by atoms with van der Waals surface area (Å²) in [5.74, 6) is 1.52. The van der Waals surface area contributed by atoms with Gasteiger partial charge in [-0.1, -0.05) is 18.5 Å². The van der Waals surface area contributed by atoms with Crippen molar-refractivity contribution in [1.82, 2.24) is 15.1 Å². The first-order valence-electron chi connectivity index (χ1n) is 8.64. The van der Waals surface area contributed by atoms with Gasteiger partial charge in [-0.3, -0.25) is 4.79 Å². The molecule has 1 aromatic carbocycles. The minimum absolute atomic E-state index is 0.162. The molecular formula is C19H20ClN3O4. The summed E-state index contributed by atoms with van der Waals surface area (Å²) in [6.07, 6.45) is 1.66. The molecule has 0 saturated carbocycles. The van der Waals surface area contributed by atoms with Crippen LogP contribution in [0.3, 0.4) is 0 Å². The van der Waals surface area contributed by atoms with Gasteiger partial charge in [0.25, 0.3) is 11.8 Å². The van der Waals surface area contributed by atoms with Crippen LogP contribution in [-0.4, -0.2) is 33.7 Å². The number of halogens is 1. The van der Waals surface area contributed by atoms with Gasteiger partial charge in [0.15, 0.2) is 11.9 Å². The molecule has 0 unspecified atom stereocenters. The zero-order valence-electron chi connectivity index (χ0n) is 15.1. The third-order valence-corrected chi connectivity index (χ3v) is 4.06. The number of benzene rings is 1. The summed E-state index contributed by atoms with van der Waals surface area (Å²) < 4.78 is 16.6. The lowest BCUT2D eigenvalue weighted by atomic mass is 10.3. The Balaban J connectivity index is 1.66. The van der Waals surface area contributed by atoms with Crippen LogP contribution in [0.1, 0.15) is 26.2 Å². The Morgan fingerprint density at radius 1 is 1.26 bits per heavy atom. The van der Waals surface area contributed by atoms with Crippen LogP contribution in [-0.2, 0) is 11.3 Å². The Kier molecular flexibility index (Phi) is 6.13. The van der Waals surface area contributed by atoms with Crippen LogP contribution in [0.15, 0.2) is 51.5 Å². The Morgan fingerprint density at radius 2 is 2.04 bits per heavy atom. The topological polar surface area (TPSA) is 81.6 Å². The van der Waals surface area contributed by atoms with Gasteiger partial charge in [-0.2, -0.15) is 0 Å². The summed E-state index contributed by atoms with van der Waals surface area (Å²) in [6.45, 7) is 4.45. The van der Waals surface area contributed by atoms with E-state index >= 15 is 0 Å². The van der Waals surface area contributed by atoms with Gasteiger partial charge in [-0.25, -0.2) is 0 Å². The Morgan fingerprint density at radius 3 is 2.70 bits per heavy atom. The predicted molar refractivity (Wildman–Crippen MR) is 99.3 cm³/mol. The first-order chi connectivity index (χ1) is 13.1. The summed E-state index contributed by atoms with van der Waals surface area (Å²) in [6, 6.07) is 10.4. The van der Waals surface area contributed by atoms with E-state index < -0.39 is 6.10 Å². The standard InChI is InChI=1S/C19H20ClN3O4/c1-3-10-23(12-17-21-22-18(27-17)16-5-4-11-25-16)19(24)13(2)26-15-8-6-14(20)7-9-15/h4-9,11,13H,3,10,12H2,1-2H3/t13-/m1/s1. The number of hydrogen-bond acceptors (Lipinski definition) is 6. The number of nitrogens with zero attached hydrogens (tertiary/aromatic N) is 3. The average Bonchev–Trinajstić information content (AvgIpc) is 3.34. The molecule has 142 valence electrons. The van der Waals surface area contributed by atoms with E-state index in [2.05, 4.69) is 10.2 Å². The zero-order chi connectivity index (χ0) is 19.2. The molecule has 0 aliphatic rings. The number of carbonyl (C=O) groups is 1. The van der Waals surface area contributed by atoms with E-state index in [4.69, 9.17) is 25.2 Å². The summed E-state index contributed by atoms with van der Waals surface area (Å²) in [5, 5.41) is 8.57. The van der Waals surface area contributed by atoms with Gasteiger partial charge in [0.1, 0.15) is 5.75 Å². The molecule has 27 heavy (non-hydrogen) atoms. The quantitative estimate of drug-likeness (QED) is 0.574. The van der Waals surface area contributed by atoms with Gasteiger partial charge < -0.3 is 18.5 Å². The molecule has 8 heteroatoms. The van der Waals surface area contributed by atoms with E-state index in [-0.39, 0.29) is 18.3 Å². The van der Waals surface area contributed by atoms with Gasteiger partial charge in [-0.15, -0.1) is 10.2 Å². The van der Waals surface area contributed by atoms with Crippen molar-refractivity contribution in [1.29, 1.82) is 0 Å². The Labute approximate surface area is 161 Å². The van der Waals surface area contributed by atoms with Gasteiger partial charge in [0.05, 0.1) is 12.8 Å². The average molecular weight is 390 g/mol. The van der Waals surface area contributed by atoms with Gasteiger partial charge in [0, 0.05) is 11.6 Å². The lowest BCUT2D eigenvalue weighted by Gasteiger charge is -2.24. The summed E-state index contributed by atoms with van der Waals surface area (Å²) in [5.41, 5.74) is 0. The lowest BCUT2D eigenvalue weighted by Crippen LogP contribution is -2.40. The molecule has 0 spiro atoms. The molecule has 0 radical (unpaired) electrons. The highest BCUT2D eigenvalue weighted by Crippen LogP contribution is 2.20. The maximum atomic E-state index is 12.8. The third kappa shape index (κ3) is 4.89. The highest BCUT2D eigenvalue weighted by Gasteiger charge is 2.24. The molecule has 2 heterocycles. The smallest absolute Gasteiger partial charge is 0.283 e. The molecule has 0 saturated heterocycles. The van der Waals surface area contributed by atoms with Crippen molar-refractivity contribution in [3.8, 4) is 17.4 Å². The zero-order valence-corrected chi connectivity index (χ0v) is 15.8. The third-order valence-electron chi connectivity index (χ3n) is 3.80. The normalized spacial score (nSPS) is 12.0. The van der Waals surface area contributed by atoms with E-state index in [0.29, 0.717) is 29.0 Å². The van der Waals surface area contributed by atoms with Gasteiger partial charge >= 0.3 is 0 Å². The molecule has 1 amide bonds. The molecule has 2 aromatic heterocycles. The number of carbonyl (C=O) groups excluding carboxylic acids is 1. The fourth-order valence-corrected chi connectivity index (χ4v) is 2.67. The Hall–Kier alpha value is -2.80. The SMILES string of the molecule is CCCN(Cc1nnc(-c2ccco2)o1)C(=O)[C@@H](C)Oc1ccc(Cl)cc1. The molecule has 3 rings (SSSR count). The van der Waals surface area contributed by atoms with Crippen LogP contribution in [0, 0.1) is 0 Å². The maximum absolute atomic E-state index is 12.8. The van der Waals surface area contributed by atoms with Crippen LogP contribution in [0.5, 0.6) is 5.75 Å². The van der Waals surface area contributed by atoms with Crippen molar-refractivity contribution in [2.75, 3.05) is 6.54 Å². The van der Waals surface area contributed by atoms with E-state index in [1.54, 1.807) is 48.2 Å². The minimum atomic E-state index is -0.662. The Bertz CT molecular complexity index is 861. The van der Waals surface area contributed by atoms with Crippen molar-refractivity contribution in [2.45, 2.75) is 32.9 Å². The van der Waals surface area contributed by atoms with E-state index in [1.165, 1.54) is 6.26 Å². The van der Waals surface area contributed by atoms with E-state index in [9.17, 15) is 4.79 Å². The number of ether oxygens (including phenoxy) is 1. The van der Waals surface area contributed by atoms with Crippen molar-refractivity contribution in [3.63, 3.8) is 0 Å². The summed E-state index contributed by atoms with van der Waals surface area (Å²) in [7, 11) is 0. The van der Waals surface area contributed by atoms with E-state index in [0.717, 1.165) is 6.42 Å². The number of amides is 1. The number of aromatic nitrogens is 2. The van der Waals surface area contributed by atoms with Crippen LogP contribution in [0.25, 0.3) is 11.7 Å². The lowest BCUT2D eigenvalue weighted by molar-refractivity contribution is -0.139. The molecule has 0 aliphatic heterocycles. The van der Waals surface area contributed by atoms with Gasteiger partial charge in [0.2, 0.25) is 5.89 Å². The second kappa shape index (κ2) is 8.73. The molecule has 7 nitrogen and oxygen atoms in total. The van der Waals surface area contributed by atoms with Crippen LogP contribution >= 0.6 is 11.6 Å². The highest BCUT2D eigenvalue weighted by atomic mass is 35.5. The fourth-order valence-electron chi connectivity index (χ4n) is 2.54. The first kappa shape index (κ1) is 19.0. The van der Waals surface area contributed by atoms with Crippen LogP contribution < -0.4 is 4.74 Å². The number of hydrogen-bond donors (Lipinski definition) is 0. The number of furan rings is 1. The largest absolute Gasteiger partial charge is 0.481 e. The fraction of sp³-hybridized carbons (Fsp3) is 0.316. The molecule has 0 bridgehead atoms. The summed E-state index contributed by atoms with van der Waals surface area (Å²) in [4.78, 5) is 14.4. The molecular weight excluding hydrogens is 370 g/mol. The molecule has 3 aromatic rings. The van der Waals surface area contributed by atoms with Crippen molar-refractivity contribution in [3.05, 3.63) is 53.6 Å². The second-order valence-electron chi connectivity index (χ2n) is 5.95. The molecule has 0 fully saturated rings. The van der Waals surface area contributed by atoms with Crippen LogP contribution in [0.4, 0.5) is 0 Å². The molecule has 0 aliphatic carbocycles.